The molecule has 0 aliphatic carbocycles. The van der Waals surface area contributed by atoms with E-state index in [-0.39, 0.29) is 11.8 Å². The second kappa shape index (κ2) is 3.56. The second-order valence-corrected chi connectivity index (χ2v) is 3.05. The molecule has 12 heavy (non-hydrogen) atoms. The number of rotatable bonds is 2. The maximum absolute atomic E-state index is 11.0. The Bertz CT molecular complexity index is 227. The third-order valence-electron chi connectivity index (χ3n) is 1.65. The lowest BCUT2D eigenvalue weighted by Crippen LogP contribution is -2.31. The summed E-state index contributed by atoms with van der Waals surface area (Å²) in [6.45, 7) is 3.84. The average molecular weight is 164 g/mol. The van der Waals surface area contributed by atoms with Crippen LogP contribution in [0.25, 0.3) is 0 Å². The Morgan fingerprint density at radius 1 is 1.33 bits per heavy atom. The second-order valence-electron chi connectivity index (χ2n) is 3.05. The lowest BCUT2D eigenvalue weighted by atomic mass is 9.89. The highest BCUT2D eigenvalue weighted by molar-refractivity contribution is 6.48. The molecule has 4 heteroatoms. The third kappa shape index (κ3) is 1.97. The molecule has 0 aromatic rings. The van der Waals surface area contributed by atoms with Crippen molar-refractivity contribution < 1.29 is 9.59 Å². The van der Waals surface area contributed by atoms with E-state index < -0.39 is 0 Å². The summed E-state index contributed by atoms with van der Waals surface area (Å²) in [5, 5.41) is 0. The first-order valence-corrected chi connectivity index (χ1v) is 3.94. The topological polar surface area (TPSA) is 37.4 Å². The molecule has 1 saturated heterocycles. The predicted octanol–water partition coefficient (Wildman–Crippen LogP) is 0.678. The largest absolute Gasteiger partial charge is 0.329 e. The van der Waals surface area contributed by atoms with Gasteiger partial charge in [0.25, 0.3) is 7.41 Å². The van der Waals surface area contributed by atoms with Crippen LogP contribution in [0.4, 0.5) is 0 Å². The van der Waals surface area contributed by atoms with Crippen LogP contribution in [0.5, 0.6) is 0 Å². The van der Waals surface area contributed by atoms with Gasteiger partial charge in [0.1, 0.15) is 0 Å². The molecule has 1 rings (SSSR count). The molecule has 1 fully saturated rings. The lowest BCUT2D eigenvalue weighted by Gasteiger charge is -2.09. The fourth-order valence-electron chi connectivity index (χ4n) is 0.984. The number of hydrogen-bond acceptors (Lipinski definition) is 2. The molecule has 1 aliphatic rings. The summed E-state index contributed by atoms with van der Waals surface area (Å²) in [5.74, 6) is 1.57. The SMILES string of the molecule is CC(C)=C[B]N1C(=O)CCC1=O. The first kappa shape index (κ1) is 9.04. The van der Waals surface area contributed by atoms with Crippen LogP contribution in [0.1, 0.15) is 26.7 Å². The monoisotopic (exact) mass is 164 g/mol. The molecule has 0 unspecified atom stereocenters. The van der Waals surface area contributed by atoms with Gasteiger partial charge in [-0.2, -0.15) is 0 Å². The highest BCUT2D eigenvalue weighted by atomic mass is 16.2. The van der Waals surface area contributed by atoms with Crippen molar-refractivity contribution in [3.63, 3.8) is 0 Å². The van der Waals surface area contributed by atoms with Gasteiger partial charge in [-0.1, -0.05) is 11.5 Å². The number of carbonyl (C=O) groups is 2. The van der Waals surface area contributed by atoms with Gasteiger partial charge in [0, 0.05) is 12.8 Å². The van der Waals surface area contributed by atoms with E-state index in [4.69, 9.17) is 0 Å². The Labute approximate surface area is 72.7 Å². The van der Waals surface area contributed by atoms with E-state index in [1.807, 2.05) is 13.8 Å². The van der Waals surface area contributed by atoms with E-state index in [2.05, 4.69) is 0 Å². The zero-order valence-electron chi connectivity index (χ0n) is 7.33. The summed E-state index contributed by atoms with van der Waals surface area (Å²) in [6.07, 6.45) is 0.706. The molecule has 0 N–H and O–H groups in total. The molecular weight excluding hydrogens is 153 g/mol. The van der Waals surface area contributed by atoms with Crippen molar-refractivity contribution >= 4 is 19.2 Å². The van der Waals surface area contributed by atoms with Crippen molar-refractivity contribution in [3.05, 3.63) is 11.5 Å². The normalized spacial score (nSPS) is 16.7. The fourth-order valence-corrected chi connectivity index (χ4v) is 0.984. The number of hydrogen-bond donors (Lipinski definition) is 0. The molecule has 1 aliphatic heterocycles. The van der Waals surface area contributed by atoms with Crippen molar-refractivity contribution in [2.24, 2.45) is 0 Å². The standard InChI is InChI=1S/C8H11BNO2/c1-6(2)5-9-10-7(11)3-4-8(10)12/h5H,3-4H2,1-2H3. The summed E-state index contributed by atoms with van der Waals surface area (Å²) in [6, 6.07) is 0. The molecule has 63 valence electrons. The van der Waals surface area contributed by atoms with E-state index in [0.717, 1.165) is 5.57 Å². The fraction of sp³-hybridized carbons (Fsp3) is 0.500. The van der Waals surface area contributed by atoms with E-state index in [0.29, 0.717) is 12.8 Å². The smallest absolute Gasteiger partial charge is 0.290 e. The summed E-state index contributed by atoms with van der Waals surface area (Å²) >= 11 is 0. The van der Waals surface area contributed by atoms with Crippen molar-refractivity contribution in [3.8, 4) is 0 Å². The molecular formula is C8H11BNO2. The zero-order chi connectivity index (χ0) is 9.14. The number of imide groups is 1. The van der Waals surface area contributed by atoms with Gasteiger partial charge in [-0.3, -0.25) is 9.59 Å². The minimum Gasteiger partial charge on any atom is -0.329 e. The summed E-state index contributed by atoms with van der Waals surface area (Å²) in [7, 11) is 1.55. The molecule has 0 atom stereocenters. The van der Waals surface area contributed by atoms with Gasteiger partial charge in [0.15, 0.2) is 0 Å². The van der Waals surface area contributed by atoms with Gasteiger partial charge in [0.05, 0.1) is 0 Å². The van der Waals surface area contributed by atoms with Gasteiger partial charge in [-0.05, 0) is 13.8 Å². The minimum atomic E-state index is -0.0995. The molecule has 0 aromatic carbocycles. The van der Waals surface area contributed by atoms with E-state index >= 15 is 0 Å². The summed E-state index contributed by atoms with van der Waals surface area (Å²) < 4.78 is 0. The zero-order valence-corrected chi connectivity index (χ0v) is 7.33. The first-order valence-electron chi connectivity index (χ1n) is 3.94. The molecule has 0 spiro atoms. The first-order chi connectivity index (χ1) is 5.61. The van der Waals surface area contributed by atoms with Crippen LogP contribution in [-0.4, -0.2) is 24.0 Å². The van der Waals surface area contributed by atoms with Crippen molar-refractivity contribution in [1.29, 1.82) is 0 Å². The van der Waals surface area contributed by atoms with Crippen molar-refractivity contribution in [2.75, 3.05) is 0 Å². The maximum atomic E-state index is 11.0. The van der Waals surface area contributed by atoms with E-state index in [1.54, 1.807) is 13.4 Å². The minimum absolute atomic E-state index is 0.0995. The van der Waals surface area contributed by atoms with Crippen LogP contribution < -0.4 is 0 Å². The molecule has 3 nitrogen and oxygen atoms in total. The van der Waals surface area contributed by atoms with Gasteiger partial charge < -0.3 is 4.81 Å². The highest BCUT2D eigenvalue weighted by Crippen LogP contribution is 2.10. The number of amides is 2. The number of allylic oxidation sites excluding steroid dienone is 1. The van der Waals surface area contributed by atoms with Gasteiger partial charge >= 0.3 is 0 Å². The Morgan fingerprint density at radius 2 is 1.83 bits per heavy atom. The van der Waals surface area contributed by atoms with Crippen LogP contribution in [0, 0.1) is 0 Å². The Hall–Kier alpha value is -1.06. The van der Waals surface area contributed by atoms with Crippen LogP contribution >= 0.6 is 0 Å². The van der Waals surface area contributed by atoms with Crippen molar-refractivity contribution in [1.82, 2.24) is 4.81 Å². The van der Waals surface area contributed by atoms with Crippen molar-refractivity contribution in [2.45, 2.75) is 26.7 Å². The summed E-state index contributed by atoms with van der Waals surface area (Å²) in [4.78, 5) is 23.3. The molecule has 0 saturated carbocycles. The van der Waals surface area contributed by atoms with Gasteiger partial charge in [-0.25, -0.2) is 0 Å². The van der Waals surface area contributed by atoms with Crippen LogP contribution in [-0.2, 0) is 9.59 Å². The van der Waals surface area contributed by atoms with Gasteiger partial charge in [-0.15, -0.1) is 0 Å². The molecule has 1 radical (unpaired) electrons. The number of nitrogens with zero attached hydrogens (tertiary/aromatic N) is 1. The van der Waals surface area contributed by atoms with Crippen LogP contribution in [0.15, 0.2) is 11.5 Å². The van der Waals surface area contributed by atoms with E-state index in [1.165, 1.54) is 4.81 Å². The van der Waals surface area contributed by atoms with Crippen LogP contribution in [0.2, 0.25) is 0 Å². The average Bonchev–Trinajstić information content (AvgIpc) is 2.28. The Kier molecular flexibility index (Phi) is 2.68. The quantitative estimate of drug-likeness (QED) is 0.444. The van der Waals surface area contributed by atoms with Crippen LogP contribution in [0.3, 0.4) is 0 Å². The third-order valence-corrected chi connectivity index (χ3v) is 1.65. The Morgan fingerprint density at radius 3 is 2.25 bits per heavy atom. The van der Waals surface area contributed by atoms with E-state index in [9.17, 15) is 9.59 Å². The molecule has 1 heterocycles. The maximum Gasteiger partial charge on any atom is 0.290 e. The number of carbonyl (C=O) groups excluding carboxylic acids is 2. The molecule has 2 amide bonds. The molecule has 0 aromatic heterocycles. The lowest BCUT2D eigenvalue weighted by molar-refractivity contribution is -0.132. The highest BCUT2D eigenvalue weighted by Gasteiger charge is 2.27. The summed E-state index contributed by atoms with van der Waals surface area (Å²) in [5.41, 5.74) is 1.07. The predicted molar refractivity (Wildman–Crippen MR) is 46.3 cm³/mol. The van der Waals surface area contributed by atoms with Gasteiger partial charge in [0.2, 0.25) is 11.8 Å². The Balaban J connectivity index is 2.56. The molecule has 0 bridgehead atoms.